The molecule has 0 spiro atoms. The van der Waals surface area contributed by atoms with Crippen molar-refractivity contribution >= 4 is 56.9 Å². The highest BCUT2D eigenvalue weighted by Crippen LogP contribution is 2.42. The zero-order chi connectivity index (χ0) is 35.5. The fourth-order valence-corrected chi connectivity index (χ4v) is 6.24. The number of carboxylic acid groups (broad SMARTS) is 1. The molecule has 0 amide bonds. The third kappa shape index (κ3) is 6.86. The summed E-state index contributed by atoms with van der Waals surface area (Å²) in [7, 11) is 1.59. The number of carbonyl (C=O) groups is 1. The van der Waals surface area contributed by atoms with Crippen LogP contribution in [0.15, 0.2) is 70.1 Å². The van der Waals surface area contributed by atoms with E-state index in [1.165, 1.54) is 36.7 Å². The molecular weight excluding hydrogens is 662 g/mol. The van der Waals surface area contributed by atoms with Crippen molar-refractivity contribution in [2.45, 2.75) is 32.9 Å². The molecular formula is C35H35N7O7S. The van der Waals surface area contributed by atoms with Crippen LogP contribution in [0.5, 0.6) is 11.8 Å². The summed E-state index contributed by atoms with van der Waals surface area (Å²) < 4.78 is 18.7. The third-order valence-corrected chi connectivity index (χ3v) is 8.49. The first-order chi connectivity index (χ1) is 24.0. The minimum absolute atomic E-state index is 0.0104. The van der Waals surface area contributed by atoms with Crippen molar-refractivity contribution in [1.82, 2.24) is 24.4 Å². The molecule has 0 fully saturated rings. The topological polar surface area (TPSA) is 191 Å². The van der Waals surface area contributed by atoms with Crippen molar-refractivity contribution in [3.63, 3.8) is 0 Å². The number of nitrogens with one attached hydrogen (secondary N) is 1. The number of phenols is 1. The smallest absolute Gasteiger partial charge is 0.336 e. The molecule has 258 valence electrons. The minimum Gasteiger partial charge on any atom is -0.508 e. The fourth-order valence-electron chi connectivity index (χ4n) is 5.82. The quantitative estimate of drug-likeness (QED) is 0.0740. The summed E-state index contributed by atoms with van der Waals surface area (Å²) in [5, 5.41) is 24.7. The van der Waals surface area contributed by atoms with Gasteiger partial charge >= 0.3 is 5.97 Å². The first-order valence-electron chi connectivity index (χ1n) is 15.8. The predicted octanol–water partition coefficient (Wildman–Crippen LogP) is 5.21. The highest BCUT2D eigenvalue weighted by Gasteiger charge is 2.23. The second kappa shape index (κ2) is 14.4. The Hall–Kier alpha value is -5.80. The lowest BCUT2D eigenvalue weighted by atomic mass is 9.90. The zero-order valence-electron chi connectivity index (χ0n) is 27.5. The average molecular weight is 698 g/mol. The number of aromatic hydroxyl groups is 1. The summed E-state index contributed by atoms with van der Waals surface area (Å²) in [5.41, 5.74) is 9.12. The highest BCUT2D eigenvalue weighted by atomic mass is 32.1. The molecule has 0 unspecified atom stereocenters. The fraction of sp³-hybridized carbons (Fsp3) is 0.257. The van der Waals surface area contributed by atoms with E-state index < -0.39 is 5.97 Å². The number of thiocarbonyl (C=S) groups is 1. The summed E-state index contributed by atoms with van der Waals surface area (Å²) in [6.45, 7) is 5.76. The Balaban J connectivity index is 1.26. The number of hydrogen-bond acceptors (Lipinski definition) is 11. The first-order valence-corrected chi connectivity index (χ1v) is 16.2. The van der Waals surface area contributed by atoms with Crippen LogP contribution in [0.2, 0.25) is 0 Å². The van der Waals surface area contributed by atoms with Crippen LogP contribution in [-0.4, -0.2) is 78.6 Å². The molecule has 2 aromatic carbocycles. The lowest BCUT2D eigenvalue weighted by Gasteiger charge is -2.30. The number of ether oxygens (including phenoxy) is 2. The van der Waals surface area contributed by atoms with E-state index in [1.807, 2.05) is 23.3 Å². The first kappa shape index (κ1) is 34.1. The molecule has 5 N–H and O–H groups in total. The Morgan fingerprint density at radius 3 is 2.66 bits per heavy atom. The maximum Gasteiger partial charge on any atom is 0.336 e. The molecule has 0 saturated heterocycles. The number of benzene rings is 3. The number of carboxylic acids is 1. The van der Waals surface area contributed by atoms with Crippen LogP contribution < -0.4 is 21.2 Å². The van der Waals surface area contributed by atoms with Gasteiger partial charge < -0.3 is 40.1 Å². The Labute approximate surface area is 291 Å². The van der Waals surface area contributed by atoms with Crippen LogP contribution in [-0.2, 0) is 11.3 Å². The number of hydrogen-bond donors (Lipinski definition) is 4. The molecule has 0 bridgehead atoms. The Morgan fingerprint density at radius 2 is 1.90 bits per heavy atom. The molecule has 2 aliphatic rings. The maximum absolute atomic E-state index is 12.7. The van der Waals surface area contributed by atoms with Crippen LogP contribution >= 0.6 is 12.2 Å². The molecule has 14 nitrogen and oxygen atoms in total. The van der Waals surface area contributed by atoms with Crippen molar-refractivity contribution in [3.8, 4) is 34.2 Å². The number of anilines is 2. The molecule has 3 heterocycles. The van der Waals surface area contributed by atoms with Gasteiger partial charge in [0.2, 0.25) is 0 Å². The number of nitrogen functional groups attached to an aromatic ring is 1. The number of methoxy groups -OCH3 is 1. The number of aromatic nitrogens is 4. The lowest BCUT2D eigenvalue weighted by molar-refractivity contribution is 0.0697. The van der Waals surface area contributed by atoms with Gasteiger partial charge in [0.15, 0.2) is 27.5 Å². The van der Waals surface area contributed by atoms with Gasteiger partial charge in [0, 0.05) is 60.6 Å². The molecule has 15 heteroatoms. The summed E-state index contributed by atoms with van der Waals surface area (Å²) in [5.74, 6) is -0.659. The van der Waals surface area contributed by atoms with Gasteiger partial charge in [0.1, 0.15) is 30.0 Å². The second-order valence-electron chi connectivity index (χ2n) is 11.8. The number of phenolic OH excluding ortho intramolecular Hbond substituents is 1. The van der Waals surface area contributed by atoms with E-state index in [-0.39, 0.29) is 34.4 Å². The normalized spacial score (nSPS) is 11.4. The Bertz CT molecular complexity index is 2250. The lowest BCUT2D eigenvalue weighted by Crippen LogP contribution is -2.40. The number of aromatic carboxylic acids is 1. The number of aryl methyl sites for hydroxylation is 1. The molecule has 0 atom stereocenters. The zero-order valence-corrected chi connectivity index (χ0v) is 28.4. The van der Waals surface area contributed by atoms with E-state index in [0.29, 0.717) is 88.4 Å². The van der Waals surface area contributed by atoms with Crippen LogP contribution in [0.1, 0.15) is 30.6 Å². The SMILES string of the molecule is COCCOc1nc2c(N)ncnc2n1CCCN(C(=S)Nc1ccc(-c2c3ccc(=O)cc-3oc3cc(O)ccc23)c(C(=O)O)c1)C(C)C. The summed E-state index contributed by atoms with van der Waals surface area (Å²) in [6, 6.07) is 14.3. The molecule has 1 aliphatic heterocycles. The van der Waals surface area contributed by atoms with Crippen LogP contribution in [0.4, 0.5) is 11.5 Å². The monoisotopic (exact) mass is 697 g/mol. The van der Waals surface area contributed by atoms with Gasteiger partial charge in [-0.25, -0.2) is 14.8 Å². The van der Waals surface area contributed by atoms with Crippen LogP contribution in [0.25, 0.3) is 44.6 Å². The van der Waals surface area contributed by atoms with Gasteiger partial charge in [0.25, 0.3) is 6.01 Å². The van der Waals surface area contributed by atoms with Crippen molar-refractivity contribution in [1.29, 1.82) is 0 Å². The Kier molecular flexibility index (Phi) is 9.79. The van der Waals surface area contributed by atoms with Crippen molar-refractivity contribution in [2.24, 2.45) is 0 Å². The van der Waals surface area contributed by atoms with E-state index in [2.05, 4.69) is 20.3 Å². The number of fused-ring (bicyclic) bond motifs is 3. The van der Waals surface area contributed by atoms with Gasteiger partial charge in [-0.15, -0.1) is 0 Å². The van der Waals surface area contributed by atoms with Gasteiger partial charge in [-0.05, 0) is 74.4 Å². The molecule has 2 aromatic heterocycles. The van der Waals surface area contributed by atoms with E-state index in [1.54, 1.807) is 31.4 Å². The van der Waals surface area contributed by atoms with E-state index in [9.17, 15) is 19.8 Å². The molecule has 4 aromatic rings. The largest absolute Gasteiger partial charge is 0.508 e. The van der Waals surface area contributed by atoms with Gasteiger partial charge in [-0.2, -0.15) is 4.98 Å². The van der Waals surface area contributed by atoms with Gasteiger partial charge in [0.05, 0.1) is 12.2 Å². The average Bonchev–Trinajstić information content (AvgIpc) is 3.43. The number of nitrogens with zero attached hydrogens (tertiary/aromatic N) is 5. The molecule has 50 heavy (non-hydrogen) atoms. The Morgan fingerprint density at radius 1 is 1.10 bits per heavy atom. The van der Waals surface area contributed by atoms with Crippen molar-refractivity contribution in [3.05, 3.63) is 76.7 Å². The standard InChI is InChI=1S/C35H35N7O7S/c1-19(2)41(11-4-12-42-32-30(31(36)37-18-38-32)40-34(42)48-14-13-47-3)35(50)39-20-5-8-23(26(15-20)33(45)46)29-24-9-6-21(43)16-27(24)49-28-17-22(44)7-10-25(28)29/h5-10,15-19,43H,4,11-14H2,1-3H3,(H,39,50)(H,45,46)(H2,36,37,38). The third-order valence-electron chi connectivity index (χ3n) is 8.16. The summed E-state index contributed by atoms with van der Waals surface area (Å²) in [4.78, 5) is 39.8. The molecule has 0 radical (unpaired) electrons. The second-order valence-corrected chi connectivity index (χ2v) is 12.2. The van der Waals surface area contributed by atoms with Crippen LogP contribution in [0.3, 0.4) is 0 Å². The predicted molar refractivity (Wildman–Crippen MR) is 193 cm³/mol. The summed E-state index contributed by atoms with van der Waals surface area (Å²) >= 11 is 5.83. The van der Waals surface area contributed by atoms with E-state index in [4.69, 9.17) is 31.8 Å². The number of rotatable bonds is 12. The molecule has 0 saturated carbocycles. The van der Waals surface area contributed by atoms with Crippen LogP contribution in [0, 0.1) is 0 Å². The highest BCUT2D eigenvalue weighted by molar-refractivity contribution is 7.80. The van der Waals surface area contributed by atoms with Crippen molar-refractivity contribution < 1.29 is 28.9 Å². The summed E-state index contributed by atoms with van der Waals surface area (Å²) in [6.07, 6.45) is 2.02. The van der Waals surface area contributed by atoms with Gasteiger partial charge in [-0.1, -0.05) is 6.07 Å². The minimum atomic E-state index is -1.16. The van der Waals surface area contributed by atoms with E-state index in [0.717, 1.165) is 0 Å². The molecule has 1 aliphatic carbocycles. The number of nitrogens with two attached hydrogens (primary N) is 1. The van der Waals surface area contributed by atoms with Gasteiger partial charge in [-0.3, -0.25) is 9.36 Å². The maximum atomic E-state index is 12.7. The number of imidazole rings is 1. The van der Waals surface area contributed by atoms with Crippen molar-refractivity contribution in [2.75, 3.05) is 37.9 Å². The van der Waals surface area contributed by atoms with E-state index >= 15 is 0 Å². The molecule has 6 rings (SSSR count).